The molecule has 15 heavy (non-hydrogen) atoms. The van der Waals surface area contributed by atoms with E-state index in [4.69, 9.17) is 11.6 Å². The molecule has 1 aliphatic rings. The smallest absolute Gasteiger partial charge is 0.297 e. The highest BCUT2D eigenvalue weighted by molar-refractivity contribution is 6.30. The second kappa shape index (κ2) is 3.64. The molecule has 0 aromatic carbocycles. The highest BCUT2D eigenvalue weighted by atomic mass is 35.5. The molecule has 0 unspecified atom stereocenters. The lowest BCUT2D eigenvalue weighted by Crippen LogP contribution is -2.12. The molecule has 82 valence electrons. The van der Waals surface area contributed by atoms with Crippen molar-refractivity contribution in [2.24, 2.45) is 0 Å². The average Bonchev–Trinajstić information content (AvgIpc) is 2.87. The normalized spacial score (nSPS) is 18.2. The predicted octanol–water partition coefficient (Wildman–Crippen LogP) is 2.13. The van der Waals surface area contributed by atoms with Crippen LogP contribution in [0.25, 0.3) is 0 Å². The third-order valence-corrected chi connectivity index (χ3v) is 2.70. The second-order valence-corrected chi connectivity index (χ2v) is 4.10. The fourth-order valence-corrected chi connectivity index (χ4v) is 1.50. The largest absolute Gasteiger partial charge is 0.390 e. The van der Waals surface area contributed by atoms with Crippen LogP contribution in [0.5, 0.6) is 0 Å². The van der Waals surface area contributed by atoms with Crippen molar-refractivity contribution in [1.29, 1.82) is 0 Å². The summed E-state index contributed by atoms with van der Waals surface area (Å²) in [7, 11) is 0. The van der Waals surface area contributed by atoms with Crippen LogP contribution in [0.3, 0.4) is 0 Å². The topological polar surface area (TPSA) is 46.0 Å². The van der Waals surface area contributed by atoms with Crippen molar-refractivity contribution in [2.45, 2.75) is 31.3 Å². The summed E-state index contributed by atoms with van der Waals surface area (Å²) in [5, 5.41) is 9.62. The molecule has 2 rings (SSSR count). The number of hydrogen-bond acceptors (Lipinski definition) is 3. The van der Waals surface area contributed by atoms with E-state index in [9.17, 15) is 13.9 Å². The SMILES string of the molecule is OC1(Cc2cnc(C(F)F)nc2Cl)CC1. The Labute approximate surface area is 90.1 Å². The van der Waals surface area contributed by atoms with Crippen LogP contribution >= 0.6 is 11.6 Å². The van der Waals surface area contributed by atoms with Gasteiger partial charge in [-0.3, -0.25) is 0 Å². The quantitative estimate of drug-likeness (QED) is 0.815. The Hall–Kier alpha value is -0.810. The van der Waals surface area contributed by atoms with Gasteiger partial charge >= 0.3 is 0 Å². The molecule has 1 heterocycles. The molecule has 1 aromatic rings. The van der Waals surface area contributed by atoms with Gasteiger partial charge < -0.3 is 5.11 Å². The first-order valence-corrected chi connectivity index (χ1v) is 4.90. The lowest BCUT2D eigenvalue weighted by Gasteiger charge is -2.08. The summed E-state index contributed by atoms with van der Waals surface area (Å²) in [6, 6.07) is 0. The number of hydrogen-bond donors (Lipinski definition) is 1. The van der Waals surface area contributed by atoms with Gasteiger partial charge in [0.1, 0.15) is 5.15 Å². The van der Waals surface area contributed by atoms with E-state index in [0.29, 0.717) is 24.8 Å². The van der Waals surface area contributed by atoms with Crippen LogP contribution in [0.4, 0.5) is 8.78 Å². The molecular formula is C9H9ClF2N2O. The molecular weight excluding hydrogens is 226 g/mol. The third kappa shape index (κ3) is 2.41. The van der Waals surface area contributed by atoms with Gasteiger partial charge in [-0.2, -0.15) is 0 Å². The van der Waals surface area contributed by atoms with Crippen molar-refractivity contribution in [3.8, 4) is 0 Å². The molecule has 6 heteroatoms. The Morgan fingerprint density at radius 1 is 1.53 bits per heavy atom. The number of alkyl halides is 2. The maximum Gasteiger partial charge on any atom is 0.297 e. The maximum absolute atomic E-state index is 12.2. The lowest BCUT2D eigenvalue weighted by atomic mass is 10.1. The number of aliphatic hydroxyl groups is 1. The van der Waals surface area contributed by atoms with Gasteiger partial charge in [0.15, 0.2) is 5.82 Å². The van der Waals surface area contributed by atoms with Crippen LogP contribution in [-0.2, 0) is 6.42 Å². The van der Waals surface area contributed by atoms with Gasteiger partial charge in [0.25, 0.3) is 6.43 Å². The Balaban J connectivity index is 2.19. The van der Waals surface area contributed by atoms with Crippen molar-refractivity contribution in [1.82, 2.24) is 9.97 Å². The molecule has 3 nitrogen and oxygen atoms in total. The van der Waals surface area contributed by atoms with E-state index < -0.39 is 17.9 Å². The minimum Gasteiger partial charge on any atom is -0.390 e. The van der Waals surface area contributed by atoms with E-state index in [1.54, 1.807) is 0 Å². The van der Waals surface area contributed by atoms with Crippen LogP contribution in [0, 0.1) is 0 Å². The average molecular weight is 235 g/mol. The number of nitrogens with zero attached hydrogens (tertiary/aromatic N) is 2. The van der Waals surface area contributed by atoms with Crippen molar-refractivity contribution < 1.29 is 13.9 Å². The number of aromatic nitrogens is 2. The molecule has 0 aliphatic heterocycles. The predicted molar refractivity (Wildman–Crippen MR) is 49.9 cm³/mol. The monoisotopic (exact) mass is 234 g/mol. The minimum atomic E-state index is -2.72. The van der Waals surface area contributed by atoms with Crippen molar-refractivity contribution >= 4 is 11.6 Å². The molecule has 0 radical (unpaired) electrons. The zero-order chi connectivity index (χ0) is 11.1. The first kappa shape index (κ1) is 10.7. The molecule has 1 saturated carbocycles. The fraction of sp³-hybridized carbons (Fsp3) is 0.556. The van der Waals surface area contributed by atoms with Crippen LogP contribution < -0.4 is 0 Å². The summed E-state index contributed by atoms with van der Waals surface area (Å²) >= 11 is 5.71. The van der Waals surface area contributed by atoms with Crippen molar-refractivity contribution in [2.75, 3.05) is 0 Å². The van der Waals surface area contributed by atoms with Crippen LogP contribution in [0.1, 0.15) is 30.7 Å². The van der Waals surface area contributed by atoms with E-state index >= 15 is 0 Å². The molecule has 0 atom stereocenters. The highest BCUT2D eigenvalue weighted by Gasteiger charge is 2.40. The standard InChI is InChI=1S/C9H9ClF2N2O/c10-6-5(3-9(15)1-2-9)4-13-8(14-6)7(11)12/h4,7,15H,1-3H2. The Kier molecular flexibility index (Phi) is 2.60. The fourth-order valence-electron chi connectivity index (χ4n) is 1.30. The lowest BCUT2D eigenvalue weighted by molar-refractivity contribution is 0.139. The summed E-state index contributed by atoms with van der Waals surface area (Å²) in [6.07, 6.45) is 0.281. The van der Waals surface area contributed by atoms with Crippen LogP contribution in [0.2, 0.25) is 5.15 Å². The van der Waals surface area contributed by atoms with Crippen LogP contribution in [0.15, 0.2) is 6.20 Å². The van der Waals surface area contributed by atoms with E-state index in [-0.39, 0.29) is 5.15 Å². The molecule has 1 aromatic heterocycles. The summed E-state index contributed by atoms with van der Waals surface area (Å²) in [5.41, 5.74) is -0.208. The van der Waals surface area contributed by atoms with Gasteiger partial charge in [-0.15, -0.1) is 0 Å². The van der Waals surface area contributed by atoms with E-state index in [2.05, 4.69) is 9.97 Å². The summed E-state index contributed by atoms with van der Waals surface area (Å²) in [4.78, 5) is 6.97. The first-order valence-electron chi connectivity index (χ1n) is 4.52. The Bertz CT molecular complexity index is 382. The first-order chi connectivity index (χ1) is 7.00. The Morgan fingerprint density at radius 2 is 2.20 bits per heavy atom. The van der Waals surface area contributed by atoms with Gasteiger partial charge in [0.2, 0.25) is 0 Å². The maximum atomic E-state index is 12.2. The Morgan fingerprint density at radius 3 is 2.67 bits per heavy atom. The molecule has 0 amide bonds. The summed E-state index contributed by atoms with van der Waals surface area (Å²) in [5.74, 6) is -0.577. The number of halogens is 3. The molecule has 1 N–H and O–H groups in total. The van der Waals surface area contributed by atoms with Gasteiger partial charge in [0, 0.05) is 18.2 Å². The zero-order valence-corrected chi connectivity index (χ0v) is 8.51. The third-order valence-electron chi connectivity index (χ3n) is 2.37. The van der Waals surface area contributed by atoms with Gasteiger partial charge in [-0.05, 0) is 12.8 Å². The van der Waals surface area contributed by atoms with Crippen molar-refractivity contribution in [3.05, 3.63) is 22.7 Å². The highest BCUT2D eigenvalue weighted by Crippen LogP contribution is 2.39. The minimum absolute atomic E-state index is 0.000579. The molecule has 1 fully saturated rings. The molecule has 0 saturated heterocycles. The van der Waals surface area contributed by atoms with Gasteiger partial charge in [-0.25, -0.2) is 18.7 Å². The van der Waals surface area contributed by atoms with E-state index in [1.165, 1.54) is 6.20 Å². The molecule has 1 aliphatic carbocycles. The molecule has 0 bridgehead atoms. The summed E-state index contributed by atoms with van der Waals surface area (Å²) < 4.78 is 24.4. The van der Waals surface area contributed by atoms with E-state index in [0.717, 1.165) is 0 Å². The van der Waals surface area contributed by atoms with E-state index in [1.807, 2.05) is 0 Å². The second-order valence-electron chi connectivity index (χ2n) is 3.75. The zero-order valence-electron chi connectivity index (χ0n) is 7.75. The number of rotatable bonds is 3. The molecule has 0 spiro atoms. The van der Waals surface area contributed by atoms with Crippen molar-refractivity contribution in [3.63, 3.8) is 0 Å². The van der Waals surface area contributed by atoms with Crippen LogP contribution in [-0.4, -0.2) is 20.7 Å². The summed E-state index contributed by atoms with van der Waals surface area (Å²) in [6.45, 7) is 0. The van der Waals surface area contributed by atoms with Gasteiger partial charge in [0.05, 0.1) is 5.60 Å². The van der Waals surface area contributed by atoms with Gasteiger partial charge in [-0.1, -0.05) is 11.6 Å².